The Morgan fingerprint density at radius 1 is 0.612 bits per heavy atom. The predicted octanol–water partition coefficient (Wildman–Crippen LogP) is 11.8. The van der Waals surface area contributed by atoms with Gasteiger partial charge in [-0.1, -0.05) is 23.3 Å². The first-order valence-corrected chi connectivity index (χ1v) is 15.7. The molecule has 0 saturated carbocycles. The summed E-state index contributed by atoms with van der Waals surface area (Å²) >= 11 is 0. The van der Waals surface area contributed by atoms with E-state index in [-0.39, 0.29) is 21.7 Å². The van der Waals surface area contributed by atoms with Crippen molar-refractivity contribution in [1.82, 2.24) is 9.13 Å². The molecule has 0 N–H and O–H groups in total. The molecule has 0 unspecified atom stereocenters. The number of aromatic nitrogens is 2. The van der Waals surface area contributed by atoms with Gasteiger partial charge in [0.2, 0.25) is 0 Å². The molecule has 0 aliphatic heterocycles. The molecule has 0 amide bonds. The van der Waals surface area contributed by atoms with Crippen molar-refractivity contribution < 1.29 is 39.3 Å². The van der Waals surface area contributed by atoms with E-state index >= 15 is 0 Å². The Labute approximate surface area is 304 Å². The number of benzene rings is 2. The Bertz CT molecular complexity index is 1730. The predicted molar refractivity (Wildman–Crippen MR) is 190 cm³/mol. The Kier molecular flexibility index (Phi) is 16.6. The summed E-state index contributed by atoms with van der Waals surface area (Å²) in [5.74, 6) is -2.72. The Morgan fingerprint density at radius 2 is 0.980 bits per heavy atom. The third kappa shape index (κ3) is 12.1. The van der Waals surface area contributed by atoms with E-state index in [9.17, 15) is 17.6 Å². The summed E-state index contributed by atoms with van der Waals surface area (Å²) in [5, 5.41) is 0. The van der Waals surface area contributed by atoms with E-state index in [1.807, 2.05) is 104 Å². The van der Waals surface area contributed by atoms with Crippen molar-refractivity contribution in [3.8, 4) is 11.4 Å². The molecule has 0 saturated heterocycles. The van der Waals surface area contributed by atoms with Crippen LogP contribution in [-0.4, -0.2) is 9.13 Å². The Balaban J connectivity index is 0.000000260. The van der Waals surface area contributed by atoms with Gasteiger partial charge in [0.1, 0.15) is 0 Å². The maximum Gasteiger partial charge on any atom is 4.00 e. The maximum atomic E-state index is 13.8. The number of halogens is 4. The summed E-state index contributed by atoms with van der Waals surface area (Å²) < 4.78 is 57.1. The summed E-state index contributed by atoms with van der Waals surface area (Å²) in [6, 6.07) is 13.4. The second kappa shape index (κ2) is 19.8. The zero-order valence-electron chi connectivity index (χ0n) is 29.4. The van der Waals surface area contributed by atoms with Crippen molar-refractivity contribution in [1.29, 1.82) is 0 Å². The minimum atomic E-state index is -0.687. The molecule has 0 spiro atoms. The number of nitrogens with zero attached hydrogens (tertiary/aromatic N) is 2. The van der Waals surface area contributed by atoms with E-state index in [4.69, 9.17) is 0 Å². The van der Waals surface area contributed by atoms with E-state index in [2.05, 4.69) is 36.4 Å². The van der Waals surface area contributed by atoms with Gasteiger partial charge in [-0.25, -0.2) is 41.9 Å². The second-order valence-electron chi connectivity index (χ2n) is 11.8. The van der Waals surface area contributed by atoms with Crippen molar-refractivity contribution in [2.75, 3.05) is 0 Å². The molecule has 0 fully saturated rings. The first kappa shape index (κ1) is 41.0. The van der Waals surface area contributed by atoms with E-state index in [1.54, 1.807) is 9.13 Å². The van der Waals surface area contributed by atoms with Crippen LogP contribution in [0, 0.1) is 75.2 Å². The second-order valence-corrected chi connectivity index (χ2v) is 11.8. The van der Waals surface area contributed by atoms with Crippen LogP contribution in [-0.2, 0) is 21.7 Å². The van der Waals surface area contributed by atoms with E-state index < -0.39 is 23.3 Å². The molecule has 4 aromatic rings. The van der Waals surface area contributed by atoms with Crippen molar-refractivity contribution in [2.24, 2.45) is 0 Å². The number of rotatable bonds is 4. The largest absolute Gasteiger partial charge is 4.00 e. The van der Waals surface area contributed by atoms with Crippen LogP contribution >= 0.6 is 0 Å². The topological polar surface area (TPSA) is 9.86 Å². The van der Waals surface area contributed by atoms with Crippen molar-refractivity contribution in [2.45, 2.75) is 68.2 Å². The van der Waals surface area contributed by atoms with Gasteiger partial charge in [-0.2, -0.15) is 12.2 Å². The summed E-state index contributed by atoms with van der Waals surface area (Å²) in [4.78, 5) is 0. The Morgan fingerprint density at radius 3 is 1.22 bits per heavy atom. The zero-order chi connectivity index (χ0) is 35.4. The van der Waals surface area contributed by atoms with Crippen molar-refractivity contribution in [3.63, 3.8) is 0 Å². The summed E-state index contributed by atoms with van der Waals surface area (Å²) in [7, 11) is 0. The van der Waals surface area contributed by atoms with Gasteiger partial charge in [-0.15, -0.1) is 49.2 Å². The molecule has 0 atom stereocenters. The van der Waals surface area contributed by atoms with Gasteiger partial charge in [-0.3, -0.25) is 12.2 Å². The van der Waals surface area contributed by atoms with Crippen LogP contribution in [0.15, 0.2) is 84.0 Å². The Hall–Kier alpha value is -4.13. The molecule has 0 radical (unpaired) electrons. The minimum Gasteiger partial charge on any atom is -0.369 e. The van der Waals surface area contributed by atoms with Crippen LogP contribution in [0.4, 0.5) is 17.6 Å². The minimum absolute atomic E-state index is 0. The van der Waals surface area contributed by atoms with Gasteiger partial charge in [0.15, 0.2) is 0 Å². The molecule has 2 aliphatic carbocycles. The third-order valence-electron chi connectivity index (χ3n) is 7.17. The maximum absolute atomic E-state index is 13.8. The number of allylic oxidation sites excluding steroid dienone is 10. The molecule has 2 aliphatic rings. The molecule has 2 heterocycles. The van der Waals surface area contributed by atoms with Crippen LogP contribution in [0.1, 0.15) is 74.4 Å². The van der Waals surface area contributed by atoms with Gasteiger partial charge in [0, 0.05) is 46.0 Å². The fraction of sp³-hybridized carbons (Fsp3) is 0.238. The van der Waals surface area contributed by atoms with Gasteiger partial charge >= 0.3 is 21.7 Å². The first-order valence-electron chi connectivity index (χ1n) is 15.7. The molecule has 252 valence electrons. The summed E-state index contributed by atoms with van der Waals surface area (Å²) in [6.45, 7) is 15.7. The molecule has 0 bridgehead atoms. The van der Waals surface area contributed by atoms with Gasteiger partial charge in [0.25, 0.3) is 0 Å². The molecule has 7 heteroatoms. The van der Waals surface area contributed by atoms with Crippen LogP contribution in [0.25, 0.3) is 23.5 Å². The van der Waals surface area contributed by atoms with E-state index in [0.29, 0.717) is 11.4 Å². The van der Waals surface area contributed by atoms with Crippen LogP contribution in [0.2, 0.25) is 0 Å². The van der Waals surface area contributed by atoms with Crippen LogP contribution < -0.4 is 0 Å². The van der Waals surface area contributed by atoms with Crippen molar-refractivity contribution in [3.05, 3.63) is 165 Å². The SMILES string of the molecule is CC(C)=Cc1cc(C)n(-c2ccc(F)[c-]c2F)c1C.CC(C)=Cc1cc(C)n(-c2ccc(F)[c-]c2F)c1C.[C-]1=CC=CC1.[C-]1=CC=CC1.[Ti+4]. The van der Waals surface area contributed by atoms with E-state index in [1.165, 1.54) is 35.4 Å². The quantitative estimate of drug-likeness (QED) is 0.114. The molecule has 6 rings (SSSR count). The first-order chi connectivity index (χ1) is 22.8. The zero-order valence-corrected chi connectivity index (χ0v) is 31.0. The van der Waals surface area contributed by atoms with Gasteiger partial charge < -0.3 is 9.13 Å². The fourth-order valence-corrected chi connectivity index (χ4v) is 5.13. The summed E-state index contributed by atoms with van der Waals surface area (Å²) in [5.41, 5.74) is 8.75. The monoisotopic (exact) mass is 698 g/mol. The molecular weight excluding hydrogens is 656 g/mol. The molecule has 49 heavy (non-hydrogen) atoms. The average molecular weight is 699 g/mol. The van der Waals surface area contributed by atoms with Gasteiger partial charge in [0.05, 0.1) is 0 Å². The number of aryl methyl sites for hydroxylation is 2. The average Bonchev–Trinajstić information content (AvgIpc) is 3.84. The normalized spacial score (nSPS) is 11.8. The number of hydrogen-bond donors (Lipinski definition) is 0. The van der Waals surface area contributed by atoms with Crippen molar-refractivity contribution >= 4 is 12.2 Å². The third-order valence-corrected chi connectivity index (χ3v) is 7.17. The van der Waals surface area contributed by atoms with Gasteiger partial charge in [-0.05, 0) is 90.0 Å². The number of hydrogen-bond acceptors (Lipinski definition) is 0. The molecular formula is C42H42F4N2Ti. The molecule has 2 aromatic heterocycles. The molecule has 2 aromatic carbocycles. The van der Waals surface area contributed by atoms with E-state index in [0.717, 1.165) is 46.7 Å². The molecule has 2 nitrogen and oxygen atoms in total. The van der Waals surface area contributed by atoms with Crippen LogP contribution in [0.3, 0.4) is 0 Å². The summed E-state index contributed by atoms with van der Waals surface area (Å²) in [6.07, 6.45) is 24.1. The van der Waals surface area contributed by atoms with Crippen LogP contribution in [0.5, 0.6) is 0 Å². The fourth-order valence-electron chi connectivity index (χ4n) is 5.13. The smallest absolute Gasteiger partial charge is 0.369 e. The standard InChI is InChI=1S/2C16H16F2N.2C5H5.Ti/c2*1-10(2)7-13-8-11(3)19(12(13)4)16-6-5-14(17)9-15(16)18;2*1-2-4-5-3-1;/h2*5-8H,1-4H3;2*1-3H,4H2;/q4*-1;+4.